The summed E-state index contributed by atoms with van der Waals surface area (Å²) in [6, 6.07) is 8.22. The molecule has 15 nitrogen and oxygen atoms in total. The molecule has 1 aromatic carbocycles. The van der Waals surface area contributed by atoms with Gasteiger partial charge in [-0.15, -0.1) is 20.2 Å². The minimum atomic E-state index is -3.27. The molecule has 262 valence electrons. The van der Waals surface area contributed by atoms with Gasteiger partial charge in [0.1, 0.15) is 25.1 Å². The maximum atomic E-state index is 14.4. The second-order valence-corrected chi connectivity index (χ2v) is 10.9. The van der Waals surface area contributed by atoms with E-state index in [-0.39, 0.29) is 45.3 Å². The second-order valence-electron chi connectivity index (χ2n) is 10.9. The number of rotatable bonds is 23. The van der Waals surface area contributed by atoms with Crippen LogP contribution in [-0.2, 0) is 24.0 Å². The molecule has 47 heavy (non-hydrogen) atoms. The minimum absolute atomic E-state index is 0.0309. The maximum absolute atomic E-state index is 14.4. The van der Waals surface area contributed by atoms with Gasteiger partial charge in [0.05, 0.1) is 18.8 Å². The largest absolute Gasteiger partial charge is 0.487 e. The molecule has 1 saturated carbocycles. The SMILES string of the molecule is O=C(CCCC(CO[N+](=O)[O-])O[N+](=O)[O-])NCCOC(=O)CCCC=CC[C@@H]1[C@@H](C=CC(F)(F)COc2ccccc2)[C@H](O)C[C@@H]1O. The van der Waals surface area contributed by atoms with Crippen molar-refractivity contribution in [1.82, 2.24) is 5.32 Å². The van der Waals surface area contributed by atoms with Crippen molar-refractivity contribution in [3.05, 3.63) is 74.9 Å². The molecule has 0 bridgehead atoms. The Balaban J connectivity index is 1.61. The highest BCUT2D eigenvalue weighted by Crippen LogP contribution is 2.37. The van der Waals surface area contributed by atoms with Gasteiger partial charge in [0.2, 0.25) is 5.91 Å². The topological polar surface area (TPSA) is 210 Å². The number of ether oxygens (including phenoxy) is 2. The fourth-order valence-corrected chi connectivity index (χ4v) is 4.88. The quantitative estimate of drug-likeness (QED) is 0.0502. The van der Waals surface area contributed by atoms with Gasteiger partial charge in [-0.1, -0.05) is 36.4 Å². The van der Waals surface area contributed by atoms with Crippen molar-refractivity contribution in [3.8, 4) is 5.75 Å². The first-order valence-corrected chi connectivity index (χ1v) is 15.1. The van der Waals surface area contributed by atoms with Crippen LogP contribution >= 0.6 is 0 Å². The molecule has 1 amide bonds. The van der Waals surface area contributed by atoms with Crippen molar-refractivity contribution < 1.29 is 57.9 Å². The number of benzene rings is 1. The Bertz CT molecular complexity index is 1190. The highest BCUT2D eigenvalue weighted by Gasteiger charge is 2.40. The number of carbonyl (C=O) groups excluding carboxylic acids is 2. The highest BCUT2D eigenvalue weighted by molar-refractivity contribution is 5.75. The third kappa shape index (κ3) is 16.7. The number of nitrogens with zero attached hydrogens (tertiary/aromatic N) is 2. The molecule has 0 radical (unpaired) electrons. The summed E-state index contributed by atoms with van der Waals surface area (Å²) >= 11 is 0. The summed E-state index contributed by atoms with van der Waals surface area (Å²) in [7, 11) is 0. The Hall–Kier alpha value is -4.38. The number of esters is 1. The number of amides is 1. The summed E-state index contributed by atoms with van der Waals surface area (Å²) < 4.78 is 39.0. The van der Waals surface area contributed by atoms with Crippen LogP contribution in [0.1, 0.15) is 51.4 Å². The number of aliphatic hydroxyl groups excluding tert-OH is 2. The van der Waals surface area contributed by atoms with Gasteiger partial charge in [0.25, 0.3) is 16.1 Å². The molecule has 0 heterocycles. The molecule has 1 fully saturated rings. The monoisotopic (exact) mass is 673 g/mol. The highest BCUT2D eigenvalue weighted by atomic mass is 19.3. The van der Waals surface area contributed by atoms with Gasteiger partial charge in [0.15, 0.2) is 6.61 Å². The van der Waals surface area contributed by atoms with E-state index in [1.54, 1.807) is 42.5 Å². The van der Waals surface area contributed by atoms with E-state index in [9.17, 15) is 48.8 Å². The first-order valence-electron chi connectivity index (χ1n) is 15.1. The van der Waals surface area contributed by atoms with Crippen molar-refractivity contribution in [2.45, 2.75) is 75.6 Å². The predicted molar refractivity (Wildman–Crippen MR) is 160 cm³/mol. The Morgan fingerprint density at radius 1 is 1.06 bits per heavy atom. The number of allylic oxidation sites excluding steroid dienone is 2. The Kier molecular flexibility index (Phi) is 17.1. The maximum Gasteiger partial charge on any atom is 0.305 e. The first-order chi connectivity index (χ1) is 22.4. The molecule has 0 aliphatic heterocycles. The van der Waals surface area contributed by atoms with Gasteiger partial charge >= 0.3 is 5.97 Å². The summed E-state index contributed by atoms with van der Waals surface area (Å²) in [5.74, 6) is -4.97. The lowest BCUT2D eigenvalue weighted by Crippen LogP contribution is -2.29. The van der Waals surface area contributed by atoms with Crippen LogP contribution in [0.2, 0.25) is 0 Å². The lowest BCUT2D eigenvalue weighted by Gasteiger charge is -2.20. The number of aliphatic hydroxyl groups is 2. The fraction of sp³-hybridized carbons (Fsp3) is 0.600. The number of para-hydroxylation sites is 1. The number of carbonyl (C=O) groups is 2. The molecule has 0 spiro atoms. The van der Waals surface area contributed by atoms with E-state index in [4.69, 9.17) is 9.47 Å². The zero-order valence-corrected chi connectivity index (χ0v) is 25.7. The lowest BCUT2D eigenvalue weighted by atomic mass is 9.89. The molecular formula is C30H41F2N3O12. The third-order valence-electron chi connectivity index (χ3n) is 7.20. The molecule has 3 N–H and O–H groups in total. The van der Waals surface area contributed by atoms with E-state index in [1.807, 2.05) is 0 Å². The van der Waals surface area contributed by atoms with Gasteiger partial charge in [-0.3, -0.25) is 9.59 Å². The van der Waals surface area contributed by atoms with Crippen LogP contribution in [0.25, 0.3) is 0 Å². The smallest absolute Gasteiger partial charge is 0.305 e. The van der Waals surface area contributed by atoms with Gasteiger partial charge in [0, 0.05) is 25.2 Å². The van der Waals surface area contributed by atoms with Crippen LogP contribution in [0, 0.1) is 32.1 Å². The van der Waals surface area contributed by atoms with Gasteiger partial charge in [-0.05, 0) is 56.2 Å². The van der Waals surface area contributed by atoms with Crippen LogP contribution in [0.4, 0.5) is 8.78 Å². The molecule has 0 aromatic heterocycles. The summed E-state index contributed by atoms with van der Waals surface area (Å²) in [4.78, 5) is 52.9. The number of hydrogen-bond donors (Lipinski definition) is 3. The first kappa shape index (κ1) is 38.8. The average molecular weight is 674 g/mol. The molecule has 0 saturated heterocycles. The third-order valence-corrected chi connectivity index (χ3v) is 7.20. The summed E-state index contributed by atoms with van der Waals surface area (Å²) in [5, 5.41) is 41.7. The van der Waals surface area contributed by atoms with Crippen molar-refractivity contribution in [3.63, 3.8) is 0 Å². The Labute approximate surface area is 269 Å². The van der Waals surface area contributed by atoms with E-state index in [0.717, 1.165) is 0 Å². The zero-order chi connectivity index (χ0) is 34.7. The summed E-state index contributed by atoms with van der Waals surface area (Å²) in [5.41, 5.74) is 0. The number of alkyl halides is 2. The molecule has 1 unspecified atom stereocenters. The minimum Gasteiger partial charge on any atom is -0.487 e. The van der Waals surface area contributed by atoms with Crippen LogP contribution in [0.3, 0.4) is 0 Å². The summed E-state index contributed by atoms with van der Waals surface area (Å²) in [6.45, 7) is -1.54. The molecular weight excluding hydrogens is 632 g/mol. The average Bonchev–Trinajstić information content (AvgIpc) is 3.29. The van der Waals surface area contributed by atoms with Gasteiger partial charge < -0.3 is 34.7 Å². The van der Waals surface area contributed by atoms with E-state index in [0.29, 0.717) is 31.1 Å². The molecule has 17 heteroatoms. The molecule has 1 aliphatic carbocycles. The van der Waals surface area contributed by atoms with Gasteiger partial charge in [-0.2, -0.15) is 8.78 Å². The van der Waals surface area contributed by atoms with Crippen molar-refractivity contribution in [2.75, 3.05) is 26.4 Å². The van der Waals surface area contributed by atoms with Gasteiger partial charge in [-0.25, -0.2) is 0 Å². The predicted octanol–water partition coefficient (Wildman–Crippen LogP) is 3.35. The van der Waals surface area contributed by atoms with E-state index >= 15 is 0 Å². The van der Waals surface area contributed by atoms with E-state index in [1.165, 1.54) is 6.08 Å². The fourth-order valence-electron chi connectivity index (χ4n) is 4.88. The second kappa shape index (κ2) is 20.7. The Morgan fingerprint density at radius 3 is 2.51 bits per heavy atom. The van der Waals surface area contributed by atoms with Crippen molar-refractivity contribution in [1.29, 1.82) is 0 Å². The molecule has 5 atom stereocenters. The zero-order valence-electron chi connectivity index (χ0n) is 25.7. The van der Waals surface area contributed by atoms with Crippen molar-refractivity contribution in [2.24, 2.45) is 11.8 Å². The number of unbranched alkanes of at least 4 members (excludes halogenated alkanes) is 1. The number of nitrogens with one attached hydrogen (secondary N) is 1. The Morgan fingerprint density at radius 2 is 1.81 bits per heavy atom. The van der Waals surface area contributed by atoms with Crippen molar-refractivity contribution >= 4 is 11.9 Å². The standard InChI is InChI=1S/C30H41F2N3O12/c31-30(32,21-45-22-9-4-3-5-10-22)16-15-25-24(26(36)19-27(25)37)12-6-1-2-7-14-29(39)44-18-17-33-28(38)13-8-11-23(47-35(42)43)20-46-34(40)41/h1,3-6,9-10,15-16,23-27,36-37H,2,7-8,11-14,17-21H2,(H,33,38)/t23?,24-,25-,26+,27-/m1/s1. The van der Waals surface area contributed by atoms with E-state index < -0.39 is 71.3 Å². The summed E-state index contributed by atoms with van der Waals surface area (Å²) in [6.07, 6.45) is 4.09. The van der Waals surface area contributed by atoms with E-state index in [2.05, 4.69) is 15.0 Å². The van der Waals surface area contributed by atoms with Crippen LogP contribution in [-0.4, -0.2) is 82.9 Å². The van der Waals surface area contributed by atoms with Crippen LogP contribution in [0.5, 0.6) is 5.75 Å². The lowest BCUT2D eigenvalue weighted by molar-refractivity contribution is -0.790. The molecule has 2 rings (SSSR count). The molecule has 1 aromatic rings. The normalized spacial score (nSPS) is 20.2. The van der Waals surface area contributed by atoms with Crippen LogP contribution < -0.4 is 10.1 Å². The molecule has 1 aliphatic rings. The van der Waals surface area contributed by atoms with Crippen LogP contribution in [0.15, 0.2) is 54.6 Å². The number of hydrogen-bond acceptors (Lipinski definition) is 12. The number of halogens is 2.